The van der Waals surface area contributed by atoms with Crippen LogP contribution in [0.2, 0.25) is 0 Å². The van der Waals surface area contributed by atoms with Gasteiger partial charge in [-0.15, -0.1) is 0 Å². The van der Waals surface area contributed by atoms with Crippen LogP contribution < -0.4 is 4.90 Å². The van der Waals surface area contributed by atoms with E-state index in [0.29, 0.717) is 12.6 Å². The van der Waals surface area contributed by atoms with Gasteiger partial charge in [0, 0.05) is 18.3 Å². The first-order valence-corrected chi connectivity index (χ1v) is 6.39. The first-order chi connectivity index (χ1) is 8.32. The van der Waals surface area contributed by atoms with Crippen molar-refractivity contribution in [2.75, 3.05) is 11.4 Å². The van der Waals surface area contributed by atoms with E-state index >= 15 is 0 Å². The molecule has 0 atom stereocenters. The van der Waals surface area contributed by atoms with Crippen LogP contribution in [-0.2, 0) is 4.79 Å². The van der Waals surface area contributed by atoms with E-state index in [1.54, 1.807) is 0 Å². The van der Waals surface area contributed by atoms with Crippen molar-refractivity contribution in [2.24, 2.45) is 0 Å². The van der Waals surface area contributed by atoms with Gasteiger partial charge in [0.15, 0.2) is 0 Å². The van der Waals surface area contributed by atoms with Crippen LogP contribution in [-0.4, -0.2) is 23.7 Å². The molecule has 0 fully saturated rings. The van der Waals surface area contributed by atoms with E-state index in [4.69, 9.17) is 5.11 Å². The lowest BCUT2D eigenvalue weighted by atomic mass is 10.0. The lowest BCUT2D eigenvalue weighted by Crippen LogP contribution is -2.34. The second kappa shape index (κ2) is 5.89. The molecule has 1 N–H and O–H groups in total. The lowest BCUT2D eigenvalue weighted by Gasteiger charge is -2.31. The summed E-state index contributed by atoms with van der Waals surface area (Å²) in [4.78, 5) is 12.9. The Morgan fingerprint density at radius 1 is 1.22 bits per heavy atom. The van der Waals surface area contributed by atoms with Crippen LogP contribution in [0, 0.1) is 20.8 Å². The van der Waals surface area contributed by atoms with E-state index in [1.807, 2.05) is 0 Å². The van der Waals surface area contributed by atoms with Gasteiger partial charge in [0.2, 0.25) is 0 Å². The van der Waals surface area contributed by atoms with Crippen LogP contribution in [0.5, 0.6) is 0 Å². The highest BCUT2D eigenvalue weighted by molar-refractivity contribution is 5.68. The Balaban J connectivity index is 3.09. The molecule has 1 rings (SSSR count). The van der Waals surface area contributed by atoms with Gasteiger partial charge >= 0.3 is 5.97 Å². The maximum atomic E-state index is 10.8. The number of anilines is 1. The fourth-order valence-corrected chi connectivity index (χ4v) is 2.47. The Labute approximate surface area is 109 Å². The second-order valence-electron chi connectivity index (χ2n) is 5.18. The molecule has 0 saturated carbocycles. The molecule has 0 saturated heterocycles. The number of carbonyl (C=O) groups is 1. The standard InChI is InChI=1S/C15H23NO2/c1-10(2)16(7-6-14(17)18)15-12(4)8-11(3)9-13(15)5/h8-10H,6-7H2,1-5H3,(H,17,18). The Bertz CT molecular complexity index is 415. The van der Waals surface area contributed by atoms with Crippen LogP contribution >= 0.6 is 0 Å². The summed E-state index contributed by atoms with van der Waals surface area (Å²) in [6, 6.07) is 4.60. The maximum Gasteiger partial charge on any atom is 0.305 e. The normalized spacial score (nSPS) is 10.8. The molecule has 0 spiro atoms. The van der Waals surface area contributed by atoms with Crippen LogP contribution in [0.25, 0.3) is 0 Å². The number of aliphatic carboxylic acids is 1. The van der Waals surface area contributed by atoms with Gasteiger partial charge in [-0.25, -0.2) is 0 Å². The average Bonchev–Trinajstić information content (AvgIpc) is 2.20. The fraction of sp³-hybridized carbons (Fsp3) is 0.533. The molecule has 0 aromatic heterocycles. The zero-order valence-corrected chi connectivity index (χ0v) is 11.9. The number of hydrogen-bond acceptors (Lipinski definition) is 2. The van der Waals surface area contributed by atoms with Crippen molar-refractivity contribution in [1.29, 1.82) is 0 Å². The molecule has 0 unspecified atom stereocenters. The summed E-state index contributed by atoms with van der Waals surface area (Å²) >= 11 is 0. The molecule has 3 heteroatoms. The number of aryl methyl sites for hydroxylation is 3. The van der Waals surface area contributed by atoms with E-state index in [2.05, 4.69) is 51.7 Å². The molecule has 0 aliphatic carbocycles. The van der Waals surface area contributed by atoms with Gasteiger partial charge < -0.3 is 10.0 Å². The summed E-state index contributed by atoms with van der Waals surface area (Å²) < 4.78 is 0. The summed E-state index contributed by atoms with van der Waals surface area (Å²) in [5, 5.41) is 8.85. The quantitative estimate of drug-likeness (QED) is 0.870. The van der Waals surface area contributed by atoms with E-state index in [-0.39, 0.29) is 6.42 Å². The Kier molecular flexibility index (Phi) is 4.76. The van der Waals surface area contributed by atoms with Gasteiger partial charge in [-0.1, -0.05) is 17.7 Å². The number of nitrogens with zero attached hydrogens (tertiary/aromatic N) is 1. The summed E-state index contributed by atoms with van der Waals surface area (Å²) in [5.41, 5.74) is 4.85. The highest BCUT2D eigenvalue weighted by atomic mass is 16.4. The van der Waals surface area contributed by atoms with Gasteiger partial charge in [-0.05, 0) is 45.7 Å². The Morgan fingerprint density at radius 3 is 2.11 bits per heavy atom. The zero-order valence-electron chi connectivity index (χ0n) is 11.9. The van der Waals surface area contributed by atoms with Crippen LogP contribution in [0.1, 0.15) is 37.0 Å². The molecule has 0 radical (unpaired) electrons. The summed E-state index contributed by atoms with van der Waals surface area (Å²) in [5.74, 6) is -0.747. The minimum absolute atomic E-state index is 0.172. The van der Waals surface area contributed by atoms with Gasteiger partial charge in [0.1, 0.15) is 0 Å². The van der Waals surface area contributed by atoms with Crippen molar-refractivity contribution >= 4 is 11.7 Å². The average molecular weight is 249 g/mol. The van der Waals surface area contributed by atoms with Crippen molar-refractivity contribution in [3.05, 3.63) is 28.8 Å². The molecule has 18 heavy (non-hydrogen) atoms. The van der Waals surface area contributed by atoms with Gasteiger partial charge in [-0.3, -0.25) is 4.79 Å². The molecule has 0 bridgehead atoms. The zero-order chi connectivity index (χ0) is 13.9. The van der Waals surface area contributed by atoms with E-state index in [1.165, 1.54) is 22.4 Å². The molecule has 0 amide bonds. The maximum absolute atomic E-state index is 10.8. The van der Waals surface area contributed by atoms with Crippen LogP contribution in [0.4, 0.5) is 5.69 Å². The number of carboxylic acid groups (broad SMARTS) is 1. The Morgan fingerprint density at radius 2 is 1.72 bits per heavy atom. The topological polar surface area (TPSA) is 40.5 Å². The highest BCUT2D eigenvalue weighted by Gasteiger charge is 2.16. The van der Waals surface area contributed by atoms with Crippen LogP contribution in [0.3, 0.4) is 0 Å². The largest absolute Gasteiger partial charge is 0.481 e. The molecule has 0 aliphatic heterocycles. The van der Waals surface area contributed by atoms with Crippen molar-refractivity contribution in [2.45, 2.75) is 47.1 Å². The molecule has 100 valence electrons. The van der Waals surface area contributed by atoms with Gasteiger partial charge in [0.25, 0.3) is 0 Å². The summed E-state index contributed by atoms with van der Waals surface area (Å²) in [7, 11) is 0. The smallest absolute Gasteiger partial charge is 0.305 e. The third kappa shape index (κ3) is 3.49. The van der Waals surface area contributed by atoms with Crippen LogP contribution in [0.15, 0.2) is 12.1 Å². The molecular weight excluding hydrogens is 226 g/mol. The predicted octanol–water partition coefficient (Wildman–Crippen LogP) is 3.30. The highest BCUT2D eigenvalue weighted by Crippen LogP contribution is 2.28. The van der Waals surface area contributed by atoms with Crippen molar-refractivity contribution in [1.82, 2.24) is 0 Å². The predicted molar refractivity (Wildman–Crippen MR) is 75.4 cm³/mol. The molecule has 1 aromatic carbocycles. The summed E-state index contributed by atoms with van der Waals surface area (Å²) in [6.45, 7) is 11.0. The SMILES string of the molecule is Cc1cc(C)c(N(CCC(=O)O)C(C)C)c(C)c1. The monoisotopic (exact) mass is 249 g/mol. The van der Waals surface area contributed by atoms with Gasteiger partial charge in [0.05, 0.1) is 6.42 Å². The number of carboxylic acids is 1. The van der Waals surface area contributed by atoms with E-state index < -0.39 is 5.97 Å². The second-order valence-corrected chi connectivity index (χ2v) is 5.18. The lowest BCUT2D eigenvalue weighted by molar-refractivity contribution is -0.136. The summed E-state index contributed by atoms with van der Waals surface area (Å²) in [6.07, 6.45) is 0.172. The number of benzene rings is 1. The molecule has 0 aliphatic rings. The van der Waals surface area contributed by atoms with Gasteiger partial charge in [-0.2, -0.15) is 0 Å². The van der Waals surface area contributed by atoms with Crippen molar-refractivity contribution in [3.63, 3.8) is 0 Å². The number of hydrogen-bond donors (Lipinski definition) is 1. The molecule has 0 heterocycles. The van der Waals surface area contributed by atoms with Crippen molar-refractivity contribution in [3.8, 4) is 0 Å². The van der Waals surface area contributed by atoms with E-state index in [0.717, 1.165) is 0 Å². The first-order valence-electron chi connectivity index (χ1n) is 6.39. The van der Waals surface area contributed by atoms with E-state index in [9.17, 15) is 4.79 Å². The molecule has 3 nitrogen and oxygen atoms in total. The molecular formula is C15H23NO2. The fourth-order valence-electron chi connectivity index (χ4n) is 2.47. The third-order valence-corrected chi connectivity index (χ3v) is 3.11. The minimum Gasteiger partial charge on any atom is -0.481 e. The minimum atomic E-state index is -0.747. The number of rotatable bonds is 5. The van der Waals surface area contributed by atoms with Crippen molar-refractivity contribution < 1.29 is 9.90 Å². The molecule has 1 aromatic rings. The Hall–Kier alpha value is -1.51. The first kappa shape index (κ1) is 14.6. The third-order valence-electron chi connectivity index (χ3n) is 3.11.